The van der Waals surface area contributed by atoms with Gasteiger partial charge in [0, 0.05) is 25.2 Å². The summed E-state index contributed by atoms with van der Waals surface area (Å²) in [6, 6.07) is 8.05. The fraction of sp³-hybridized carbons (Fsp3) is 0.650. The molecule has 3 aliphatic heterocycles. The highest BCUT2D eigenvalue weighted by Gasteiger charge is 2.38. The van der Waals surface area contributed by atoms with E-state index in [0.717, 1.165) is 6.54 Å². The first-order chi connectivity index (χ1) is 11.3. The van der Waals surface area contributed by atoms with E-state index in [2.05, 4.69) is 31.7 Å². The maximum absolute atomic E-state index is 12.5. The minimum absolute atomic E-state index is 0.0425. The van der Waals surface area contributed by atoms with E-state index in [-0.39, 0.29) is 17.5 Å². The average molecular weight is 331 g/mol. The highest BCUT2D eigenvalue weighted by Crippen LogP contribution is 2.25. The molecule has 1 aromatic rings. The van der Waals surface area contributed by atoms with Crippen LogP contribution in [0.3, 0.4) is 0 Å². The van der Waals surface area contributed by atoms with Crippen LogP contribution in [0.5, 0.6) is 0 Å². The van der Waals surface area contributed by atoms with E-state index in [9.17, 15) is 4.79 Å². The number of ether oxygens (including phenoxy) is 1. The molecule has 4 nitrogen and oxygen atoms in total. The molecule has 0 spiro atoms. The molecule has 132 valence electrons. The van der Waals surface area contributed by atoms with Crippen LogP contribution in [-0.2, 0) is 11.3 Å². The zero-order valence-corrected chi connectivity index (χ0v) is 15.5. The van der Waals surface area contributed by atoms with E-state index >= 15 is 0 Å². The summed E-state index contributed by atoms with van der Waals surface area (Å²) in [4.78, 5) is 15.0. The number of fused-ring (bicyclic) bond motifs is 3. The molecule has 0 saturated carbocycles. The van der Waals surface area contributed by atoms with Gasteiger partial charge in [0.1, 0.15) is 12.6 Å². The topological polar surface area (TPSA) is 29.5 Å². The average Bonchev–Trinajstić information content (AvgIpc) is 2.55. The third-order valence-corrected chi connectivity index (χ3v) is 5.86. The van der Waals surface area contributed by atoms with E-state index in [1.807, 2.05) is 25.1 Å². The third-order valence-electron chi connectivity index (χ3n) is 5.86. The van der Waals surface area contributed by atoms with E-state index in [1.54, 1.807) is 0 Å². The maximum atomic E-state index is 12.5. The summed E-state index contributed by atoms with van der Waals surface area (Å²) in [6.07, 6.45) is -0.106. The fourth-order valence-electron chi connectivity index (χ4n) is 3.56. The SMILES string of the molecule is C[C@@H](OC(=O)c1cccc(C[N+]23CCN(CC2)CC3)c1)C(C)(C)C. The highest BCUT2D eigenvalue weighted by atomic mass is 16.5. The summed E-state index contributed by atoms with van der Waals surface area (Å²) in [5.41, 5.74) is 1.89. The monoisotopic (exact) mass is 331 g/mol. The summed E-state index contributed by atoms with van der Waals surface area (Å²) in [7, 11) is 0. The number of hydrogen-bond donors (Lipinski definition) is 0. The van der Waals surface area contributed by atoms with Gasteiger partial charge in [-0.3, -0.25) is 4.90 Å². The molecule has 3 heterocycles. The number of esters is 1. The standard InChI is InChI=1S/C20H31N2O2/c1-16(20(2,3)4)24-19(23)18-7-5-6-17(14-18)15-22-11-8-21(9-12-22)10-13-22/h5-7,14,16H,8-13,15H2,1-4H3/q+1/t16-/m1/s1. The number of quaternary nitrogens is 1. The maximum Gasteiger partial charge on any atom is 0.338 e. The Labute approximate surface area is 146 Å². The van der Waals surface area contributed by atoms with Crippen LogP contribution in [0.2, 0.25) is 0 Å². The Morgan fingerprint density at radius 1 is 1.21 bits per heavy atom. The van der Waals surface area contributed by atoms with Crippen molar-refractivity contribution in [1.29, 1.82) is 0 Å². The Morgan fingerprint density at radius 2 is 1.83 bits per heavy atom. The smallest absolute Gasteiger partial charge is 0.338 e. The van der Waals surface area contributed by atoms with Crippen molar-refractivity contribution >= 4 is 5.97 Å². The van der Waals surface area contributed by atoms with Crippen molar-refractivity contribution in [1.82, 2.24) is 4.90 Å². The number of rotatable bonds is 4. The van der Waals surface area contributed by atoms with Crippen LogP contribution in [0.15, 0.2) is 24.3 Å². The minimum atomic E-state index is -0.206. The van der Waals surface area contributed by atoms with Crippen LogP contribution in [0.4, 0.5) is 0 Å². The van der Waals surface area contributed by atoms with Gasteiger partial charge in [-0.15, -0.1) is 0 Å². The van der Waals surface area contributed by atoms with Crippen LogP contribution in [-0.4, -0.2) is 60.7 Å². The van der Waals surface area contributed by atoms with E-state index in [1.165, 1.54) is 49.3 Å². The first kappa shape index (κ1) is 17.4. The summed E-state index contributed by atoms with van der Waals surface area (Å²) in [5.74, 6) is -0.206. The van der Waals surface area contributed by atoms with Crippen LogP contribution < -0.4 is 0 Å². The summed E-state index contributed by atoms with van der Waals surface area (Å²) >= 11 is 0. The molecule has 2 bridgehead atoms. The molecule has 0 aromatic heterocycles. The normalized spacial score (nSPS) is 27.8. The summed E-state index contributed by atoms with van der Waals surface area (Å²) < 4.78 is 6.83. The Balaban J connectivity index is 1.69. The fourth-order valence-corrected chi connectivity index (χ4v) is 3.56. The van der Waals surface area contributed by atoms with Crippen molar-refractivity contribution in [2.24, 2.45) is 5.41 Å². The minimum Gasteiger partial charge on any atom is -0.459 e. The van der Waals surface area contributed by atoms with Crippen molar-refractivity contribution < 1.29 is 14.0 Å². The molecular weight excluding hydrogens is 300 g/mol. The first-order valence-electron chi connectivity index (χ1n) is 9.15. The van der Waals surface area contributed by atoms with Crippen molar-refractivity contribution in [3.05, 3.63) is 35.4 Å². The molecule has 0 aliphatic carbocycles. The Kier molecular flexibility index (Phi) is 4.71. The van der Waals surface area contributed by atoms with Crippen molar-refractivity contribution in [2.45, 2.75) is 40.3 Å². The van der Waals surface area contributed by atoms with Crippen molar-refractivity contribution in [3.63, 3.8) is 0 Å². The number of carbonyl (C=O) groups is 1. The largest absolute Gasteiger partial charge is 0.459 e. The molecule has 4 heteroatoms. The predicted molar refractivity (Wildman–Crippen MR) is 95.8 cm³/mol. The van der Waals surface area contributed by atoms with Crippen LogP contribution in [0, 0.1) is 5.41 Å². The quantitative estimate of drug-likeness (QED) is 0.627. The molecule has 3 saturated heterocycles. The van der Waals surface area contributed by atoms with Crippen LogP contribution >= 0.6 is 0 Å². The highest BCUT2D eigenvalue weighted by molar-refractivity contribution is 5.89. The van der Waals surface area contributed by atoms with Crippen LogP contribution in [0.25, 0.3) is 0 Å². The van der Waals surface area contributed by atoms with Gasteiger partial charge >= 0.3 is 5.97 Å². The number of hydrogen-bond acceptors (Lipinski definition) is 3. The molecule has 0 N–H and O–H groups in total. The predicted octanol–water partition coefficient (Wildman–Crippen LogP) is 2.92. The molecule has 1 atom stereocenters. The van der Waals surface area contributed by atoms with Gasteiger partial charge in [-0.1, -0.05) is 32.9 Å². The Morgan fingerprint density at radius 3 is 2.42 bits per heavy atom. The van der Waals surface area contributed by atoms with Crippen molar-refractivity contribution in [2.75, 3.05) is 39.3 Å². The molecule has 4 rings (SSSR count). The number of piperazine rings is 3. The zero-order chi connectivity index (χ0) is 17.4. The second kappa shape index (κ2) is 6.49. The second-order valence-corrected chi connectivity index (χ2v) is 8.63. The van der Waals surface area contributed by atoms with E-state index in [0.29, 0.717) is 5.56 Å². The van der Waals surface area contributed by atoms with Crippen molar-refractivity contribution in [3.8, 4) is 0 Å². The van der Waals surface area contributed by atoms with Gasteiger partial charge < -0.3 is 9.22 Å². The number of benzene rings is 1. The molecule has 3 aliphatic rings. The molecule has 24 heavy (non-hydrogen) atoms. The molecule has 0 unspecified atom stereocenters. The lowest BCUT2D eigenvalue weighted by Gasteiger charge is -2.50. The zero-order valence-electron chi connectivity index (χ0n) is 15.5. The number of carbonyl (C=O) groups excluding carboxylic acids is 1. The molecule has 1 aromatic carbocycles. The first-order valence-corrected chi connectivity index (χ1v) is 9.15. The van der Waals surface area contributed by atoms with Gasteiger partial charge in [-0.05, 0) is 24.5 Å². The lowest BCUT2D eigenvalue weighted by atomic mass is 9.90. The second-order valence-electron chi connectivity index (χ2n) is 8.63. The summed E-state index contributed by atoms with van der Waals surface area (Å²) in [5, 5.41) is 0. The van der Waals surface area contributed by atoms with E-state index < -0.39 is 0 Å². The lowest BCUT2D eigenvalue weighted by Crippen LogP contribution is -2.66. The third kappa shape index (κ3) is 3.81. The van der Waals surface area contributed by atoms with Crippen LogP contribution in [0.1, 0.15) is 43.6 Å². The number of nitrogens with zero attached hydrogens (tertiary/aromatic N) is 2. The molecule has 0 radical (unpaired) electrons. The van der Waals surface area contributed by atoms with Gasteiger partial charge in [-0.2, -0.15) is 0 Å². The van der Waals surface area contributed by atoms with Gasteiger partial charge in [0.05, 0.1) is 25.2 Å². The Bertz CT molecular complexity index is 584. The Hall–Kier alpha value is -1.39. The summed E-state index contributed by atoms with van der Waals surface area (Å²) in [6.45, 7) is 16.6. The van der Waals surface area contributed by atoms with Gasteiger partial charge in [0.2, 0.25) is 0 Å². The lowest BCUT2D eigenvalue weighted by molar-refractivity contribution is -0.953. The van der Waals surface area contributed by atoms with Gasteiger partial charge in [-0.25, -0.2) is 4.79 Å². The molecule has 0 amide bonds. The molecule has 3 fully saturated rings. The van der Waals surface area contributed by atoms with Gasteiger partial charge in [0.25, 0.3) is 0 Å². The van der Waals surface area contributed by atoms with Gasteiger partial charge in [0.15, 0.2) is 0 Å². The van der Waals surface area contributed by atoms with E-state index in [4.69, 9.17) is 4.74 Å². The molecular formula is C20H31N2O2+.